The monoisotopic (exact) mass is 425 g/mol. The normalized spacial score (nSPS) is 17.5. The molecule has 0 radical (unpaired) electrons. The molecule has 1 saturated heterocycles. The Morgan fingerprint density at radius 2 is 1.87 bits per heavy atom. The highest BCUT2D eigenvalue weighted by Crippen LogP contribution is 2.42. The molecular weight excluding hydrogens is 398 g/mol. The number of thioether (sulfide) groups is 1. The SMILES string of the molecule is COc1ccc(-c2cc(CSc3nnc(N4CCC(C)CC4)n3C3CC3)on2)cc1. The number of hydrogen-bond acceptors (Lipinski definition) is 7. The molecule has 0 spiro atoms. The zero-order valence-corrected chi connectivity index (χ0v) is 18.3. The minimum Gasteiger partial charge on any atom is -0.497 e. The highest BCUT2D eigenvalue weighted by Gasteiger charge is 2.32. The van der Waals surface area contributed by atoms with Gasteiger partial charge >= 0.3 is 0 Å². The fraction of sp³-hybridized carbons (Fsp3) is 0.500. The quantitative estimate of drug-likeness (QED) is 0.503. The second-order valence-corrected chi connectivity index (χ2v) is 9.19. The van der Waals surface area contributed by atoms with Crippen LogP contribution in [0.15, 0.2) is 40.0 Å². The van der Waals surface area contributed by atoms with Crippen LogP contribution < -0.4 is 9.64 Å². The van der Waals surface area contributed by atoms with E-state index in [1.807, 2.05) is 30.3 Å². The summed E-state index contributed by atoms with van der Waals surface area (Å²) in [7, 11) is 1.66. The van der Waals surface area contributed by atoms with E-state index in [2.05, 4.69) is 31.7 Å². The summed E-state index contributed by atoms with van der Waals surface area (Å²) in [5.41, 5.74) is 1.85. The van der Waals surface area contributed by atoms with Gasteiger partial charge in [0, 0.05) is 30.8 Å². The van der Waals surface area contributed by atoms with Crippen LogP contribution in [0.25, 0.3) is 11.3 Å². The number of hydrogen-bond donors (Lipinski definition) is 0. The third-order valence-corrected chi connectivity index (χ3v) is 6.88. The number of nitrogens with zero attached hydrogens (tertiary/aromatic N) is 5. The summed E-state index contributed by atoms with van der Waals surface area (Å²) in [5, 5.41) is 14.3. The average Bonchev–Trinajstić information content (AvgIpc) is 3.35. The number of aromatic nitrogens is 4. The molecule has 0 N–H and O–H groups in total. The van der Waals surface area contributed by atoms with Crippen LogP contribution in [0.5, 0.6) is 5.75 Å². The van der Waals surface area contributed by atoms with Crippen molar-refractivity contribution < 1.29 is 9.26 Å². The van der Waals surface area contributed by atoms with Crippen LogP contribution in [-0.4, -0.2) is 40.1 Å². The highest BCUT2D eigenvalue weighted by molar-refractivity contribution is 7.98. The number of anilines is 1. The number of benzene rings is 1. The molecule has 0 amide bonds. The van der Waals surface area contributed by atoms with Gasteiger partial charge in [0.15, 0.2) is 5.16 Å². The minimum absolute atomic E-state index is 0.543. The zero-order valence-electron chi connectivity index (χ0n) is 17.5. The summed E-state index contributed by atoms with van der Waals surface area (Å²) in [4.78, 5) is 2.41. The number of rotatable bonds is 7. The predicted octanol–water partition coefficient (Wildman–Crippen LogP) is 4.81. The first-order valence-electron chi connectivity index (χ1n) is 10.6. The van der Waals surface area contributed by atoms with Gasteiger partial charge in [0.05, 0.1) is 12.9 Å². The molecule has 0 bridgehead atoms. The van der Waals surface area contributed by atoms with Gasteiger partial charge in [0.2, 0.25) is 5.95 Å². The first-order valence-corrected chi connectivity index (χ1v) is 11.6. The lowest BCUT2D eigenvalue weighted by Gasteiger charge is -2.31. The van der Waals surface area contributed by atoms with Gasteiger partial charge in [-0.3, -0.25) is 4.57 Å². The predicted molar refractivity (Wildman–Crippen MR) is 117 cm³/mol. The Bertz CT molecular complexity index is 987. The van der Waals surface area contributed by atoms with Crippen molar-refractivity contribution in [3.05, 3.63) is 36.1 Å². The van der Waals surface area contributed by atoms with E-state index in [1.54, 1.807) is 18.9 Å². The molecule has 5 rings (SSSR count). The lowest BCUT2D eigenvalue weighted by molar-refractivity contribution is 0.397. The summed E-state index contributed by atoms with van der Waals surface area (Å²) in [6.45, 7) is 4.48. The van der Waals surface area contributed by atoms with Crippen LogP contribution >= 0.6 is 11.8 Å². The molecule has 1 aromatic carbocycles. The zero-order chi connectivity index (χ0) is 20.5. The average molecular weight is 426 g/mol. The van der Waals surface area contributed by atoms with E-state index in [0.717, 1.165) is 52.9 Å². The first kappa shape index (κ1) is 19.5. The van der Waals surface area contributed by atoms with E-state index in [-0.39, 0.29) is 0 Å². The topological polar surface area (TPSA) is 69.2 Å². The fourth-order valence-corrected chi connectivity index (χ4v) is 4.73. The smallest absolute Gasteiger partial charge is 0.228 e. The Kier molecular flexibility index (Phi) is 5.41. The maximum Gasteiger partial charge on any atom is 0.228 e. The molecular formula is C22H27N5O2S. The Morgan fingerprint density at radius 1 is 1.10 bits per heavy atom. The molecule has 158 valence electrons. The number of methoxy groups -OCH3 is 1. The van der Waals surface area contributed by atoms with Crippen LogP contribution in [0.1, 0.15) is 44.4 Å². The largest absolute Gasteiger partial charge is 0.497 e. The van der Waals surface area contributed by atoms with Gasteiger partial charge in [-0.2, -0.15) is 0 Å². The van der Waals surface area contributed by atoms with Crippen molar-refractivity contribution in [2.75, 3.05) is 25.1 Å². The van der Waals surface area contributed by atoms with Crippen LogP contribution in [-0.2, 0) is 5.75 Å². The molecule has 2 fully saturated rings. The van der Waals surface area contributed by atoms with Gasteiger partial charge < -0.3 is 14.2 Å². The molecule has 7 nitrogen and oxygen atoms in total. The molecule has 3 aromatic rings. The highest BCUT2D eigenvalue weighted by atomic mass is 32.2. The van der Waals surface area contributed by atoms with Crippen molar-refractivity contribution in [2.24, 2.45) is 5.92 Å². The van der Waals surface area contributed by atoms with Gasteiger partial charge in [-0.05, 0) is 55.9 Å². The summed E-state index contributed by atoms with van der Waals surface area (Å²) in [5.74, 6) is 4.20. The van der Waals surface area contributed by atoms with Crippen molar-refractivity contribution in [3.63, 3.8) is 0 Å². The van der Waals surface area contributed by atoms with Crippen molar-refractivity contribution in [1.82, 2.24) is 19.9 Å². The number of ether oxygens (including phenoxy) is 1. The molecule has 30 heavy (non-hydrogen) atoms. The van der Waals surface area contributed by atoms with E-state index in [4.69, 9.17) is 9.26 Å². The maximum atomic E-state index is 5.58. The molecule has 0 unspecified atom stereocenters. The maximum absolute atomic E-state index is 5.58. The van der Waals surface area contributed by atoms with Crippen LogP contribution in [0.3, 0.4) is 0 Å². The van der Waals surface area contributed by atoms with Gasteiger partial charge in [-0.15, -0.1) is 10.2 Å². The van der Waals surface area contributed by atoms with E-state index in [9.17, 15) is 0 Å². The minimum atomic E-state index is 0.543. The number of piperidine rings is 1. The van der Waals surface area contributed by atoms with Crippen molar-refractivity contribution in [1.29, 1.82) is 0 Å². The molecule has 8 heteroatoms. The molecule has 3 heterocycles. The van der Waals surface area contributed by atoms with E-state index < -0.39 is 0 Å². The molecule has 1 aliphatic carbocycles. The van der Waals surface area contributed by atoms with Crippen molar-refractivity contribution >= 4 is 17.7 Å². The third-order valence-electron chi connectivity index (χ3n) is 5.91. The summed E-state index contributed by atoms with van der Waals surface area (Å²) in [6.07, 6.45) is 4.89. The van der Waals surface area contributed by atoms with Crippen LogP contribution in [0.4, 0.5) is 5.95 Å². The van der Waals surface area contributed by atoms with E-state index in [0.29, 0.717) is 11.8 Å². The summed E-state index contributed by atoms with van der Waals surface area (Å²) in [6, 6.07) is 10.4. The van der Waals surface area contributed by atoms with Gasteiger partial charge in [-0.1, -0.05) is 23.8 Å². The van der Waals surface area contributed by atoms with Gasteiger partial charge in [0.1, 0.15) is 17.2 Å². The molecule has 1 aliphatic heterocycles. The second kappa shape index (κ2) is 8.34. The molecule has 0 atom stereocenters. The Hall–Kier alpha value is -2.48. The standard InChI is InChI=1S/C22H27N5O2S/c1-15-9-11-26(12-10-15)21-23-24-22(27(21)17-5-6-17)30-14-19-13-20(25-29-19)16-3-7-18(28-2)8-4-16/h3-4,7-8,13,15,17H,5-6,9-12,14H2,1-2H3. The van der Waals surface area contributed by atoms with E-state index >= 15 is 0 Å². The fourth-order valence-electron chi connectivity index (χ4n) is 3.86. The second-order valence-electron chi connectivity index (χ2n) is 8.25. The van der Waals surface area contributed by atoms with Crippen LogP contribution in [0, 0.1) is 5.92 Å². The summed E-state index contributed by atoms with van der Waals surface area (Å²) >= 11 is 1.68. The Labute approximate surface area is 180 Å². The van der Waals surface area contributed by atoms with Crippen molar-refractivity contribution in [3.8, 4) is 17.0 Å². The lowest BCUT2D eigenvalue weighted by atomic mass is 10.00. The van der Waals surface area contributed by atoms with Gasteiger partial charge in [-0.25, -0.2) is 0 Å². The Morgan fingerprint density at radius 3 is 2.57 bits per heavy atom. The lowest BCUT2D eigenvalue weighted by Crippen LogP contribution is -2.34. The van der Waals surface area contributed by atoms with Crippen LogP contribution in [0.2, 0.25) is 0 Å². The molecule has 1 saturated carbocycles. The van der Waals surface area contributed by atoms with Gasteiger partial charge in [0.25, 0.3) is 0 Å². The molecule has 2 aromatic heterocycles. The first-order chi connectivity index (χ1) is 14.7. The third kappa shape index (κ3) is 4.05. The molecule has 2 aliphatic rings. The Balaban J connectivity index is 1.28. The van der Waals surface area contributed by atoms with E-state index in [1.165, 1.54) is 25.7 Å². The van der Waals surface area contributed by atoms with Crippen molar-refractivity contribution in [2.45, 2.75) is 49.6 Å². The summed E-state index contributed by atoms with van der Waals surface area (Å²) < 4.78 is 13.1.